The monoisotopic (exact) mass is 338 g/mol. The zero-order chi connectivity index (χ0) is 17.6. The van der Waals surface area contributed by atoms with Crippen LogP contribution >= 0.6 is 0 Å². The summed E-state index contributed by atoms with van der Waals surface area (Å²) >= 11 is 0. The van der Waals surface area contributed by atoms with Gasteiger partial charge in [0.05, 0.1) is 18.1 Å². The molecule has 2 heterocycles. The van der Waals surface area contributed by atoms with E-state index in [0.717, 1.165) is 16.7 Å². The first-order valence-corrected chi connectivity index (χ1v) is 8.05. The summed E-state index contributed by atoms with van der Waals surface area (Å²) in [5.41, 5.74) is 3.49. The largest absolute Gasteiger partial charge is 0.396 e. The van der Waals surface area contributed by atoms with Gasteiger partial charge in [-0.25, -0.2) is 9.37 Å². The summed E-state index contributed by atoms with van der Waals surface area (Å²) in [6.45, 7) is 2.06. The highest BCUT2D eigenvalue weighted by Gasteiger charge is 2.08. The number of nitrogens with zero attached hydrogens (tertiary/aromatic N) is 3. The summed E-state index contributed by atoms with van der Waals surface area (Å²) in [5, 5.41) is 12.3. The maximum Gasteiger partial charge on any atom is 0.144 e. The number of nitrogens with one attached hydrogen (secondary N) is 1. The van der Waals surface area contributed by atoms with E-state index in [4.69, 9.17) is 5.11 Å². The lowest BCUT2D eigenvalue weighted by Crippen LogP contribution is -2.08. The van der Waals surface area contributed by atoms with Crippen LogP contribution in [0, 0.1) is 5.82 Å². The molecule has 5 nitrogen and oxygen atoms in total. The molecule has 3 aromatic rings. The van der Waals surface area contributed by atoms with Crippen molar-refractivity contribution in [1.82, 2.24) is 15.0 Å². The van der Waals surface area contributed by atoms with Crippen LogP contribution in [0.2, 0.25) is 0 Å². The van der Waals surface area contributed by atoms with E-state index in [0.29, 0.717) is 17.9 Å². The van der Waals surface area contributed by atoms with Gasteiger partial charge in [0.25, 0.3) is 0 Å². The van der Waals surface area contributed by atoms with Crippen LogP contribution in [0.1, 0.15) is 24.1 Å². The van der Waals surface area contributed by atoms with Gasteiger partial charge in [0.15, 0.2) is 0 Å². The molecule has 1 aromatic carbocycles. The predicted octanol–water partition coefficient (Wildman–Crippen LogP) is 3.39. The minimum absolute atomic E-state index is 0.0182. The SMILES string of the molecule is C[C@@H](Nc1cnc(-c2cncc(CCO)c2)cn1)c1ccc(F)cc1. The fourth-order valence-corrected chi connectivity index (χ4v) is 2.50. The average molecular weight is 338 g/mol. The van der Waals surface area contributed by atoms with Crippen molar-refractivity contribution in [3.63, 3.8) is 0 Å². The first-order chi connectivity index (χ1) is 12.2. The molecule has 0 aliphatic carbocycles. The minimum atomic E-state index is -0.253. The quantitative estimate of drug-likeness (QED) is 0.721. The van der Waals surface area contributed by atoms with Crippen LogP contribution in [-0.4, -0.2) is 26.7 Å². The van der Waals surface area contributed by atoms with E-state index >= 15 is 0 Å². The molecule has 2 N–H and O–H groups in total. The summed E-state index contributed by atoms with van der Waals surface area (Å²) in [6.07, 6.45) is 7.35. The highest BCUT2D eigenvalue weighted by Crippen LogP contribution is 2.20. The number of aliphatic hydroxyl groups is 1. The Kier molecular flexibility index (Phi) is 5.30. The molecule has 0 radical (unpaired) electrons. The first-order valence-electron chi connectivity index (χ1n) is 8.05. The van der Waals surface area contributed by atoms with Crippen molar-refractivity contribution >= 4 is 5.82 Å². The van der Waals surface area contributed by atoms with Crippen molar-refractivity contribution in [3.05, 3.63) is 72.1 Å². The summed E-state index contributed by atoms with van der Waals surface area (Å²) in [5.74, 6) is 0.386. The number of rotatable bonds is 6. The molecule has 0 spiro atoms. The second-order valence-electron chi connectivity index (χ2n) is 5.76. The molecule has 0 aliphatic rings. The summed E-state index contributed by atoms with van der Waals surface area (Å²) < 4.78 is 13.0. The molecule has 0 bridgehead atoms. The maximum atomic E-state index is 13.0. The van der Waals surface area contributed by atoms with Gasteiger partial charge in [0.2, 0.25) is 0 Å². The Morgan fingerprint density at radius 2 is 1.88 bits per heavy atom. The third-order valence-electron chi connectivity index (χ3n) is 3.88. The zero-order valence-electron chi connectivity index (χ0n) is 13.9. The smallest absolute Gasteiger partial charge is 0.144 e. The highest BCUT2D eigenvalue weighted by molar-refractivity contribution is 5.58. The van der Waals surface area contributed by atoms with E-state index in [9.17, 15) is 4.39 Å². The van der Waals surface area contributed by atoms with Crippen molar-refractivity contribution < 1.29 is 9.50 Å². The number of hydrogen-bond donors (Lipinski definition) is 2. The number of aromatic nitrogens is 3. The molecule has 0 amide bonds. The predicted molar refractivity (Wildman–Crippen MR) is 94.5 cm³/mol. The molecule has 2 aromatic heterocycles. The van der Waals surface area contributed by atoms with Crippen LogP contribution in [0.3, 0.4) is 0 Å². The van der Waals surface area contributed by atoms with Gasteiger partial charge >= 0.3 is 0 Å². The Labute approximate surface area is 145 Å². The van der Waals surface area contributed by atoms with Crippen molar-refractivity contribution in [2.45, 2.75) is 19.4 Å². The zero-order valence-corrected chi connectivity index (χ0v) is 13.9. The molecule has 25 heavy (non-hydrogen) atoms. The molecular formula is C19H19FN4O. The summed E-state index contributed by atoms with van der Waals surface area (Å²) in [4.78, 5) is 13.0. The molecule has 128 valence electrons. The van der Waals surface area contributed by atoms with Gasteiger partial charge in [-0.3, -0.25) is 9.97 Å². The van der Waals surface area contributed by atoms with E-state index < -0.39 is 0 Å². The van der Waals surface area contributed by atoms with Crippen LogP contribution in [0.4, 0.5) is 10.2 Å². The second kappa shape index (κ2) is 7.81. The molecule has 0 fully saturated rings. The van der Waals surface area contributed by atoms with E-state index in [-0.39, 0.29) is 18.5 Å². The molecule has 6 heteroatoms. The second-order valence-corrected chi connectivity index (χ2v) is 5.76. The number of pyridine rings is 1. The number of benzene rings is 1. The standard InChI is InChI=1S/C19H19FN4O/c1-13(15-2-4-17(20)5-3-15)24-19-12-22-18(11-23-19)16-8-14(6-7-25)9-21-10-16/h2-5,8-13,25H,6-7H2,1H3,(H,23,24)/t13-/m1/s1. The lowest BCUT2D eigenvalue weighted by molar-refractivity contribution is 0.299. The summed E-state index contributed by atoms with van der Waals surface area (Å²) in [6, 6.07) is 8.29. The van der Waals surface area contributed by atoms with Crippen molar-refractivity contribution in [3.8, 4) is 11.3 Å². The number of hydrogen-bond acceptors (Lipinski definition) is 5. The topological polar surface area (TPSA) is 70.9 Å². The first kappa shape index (κ1) is 17.0. The lowest BCUT2D eigenvalue weighted by Gasteiger charge is -2.14. The van der Waals surface area contributed by atoms with Crippen LogP contribution in [0.25, 0.3) is 11.3 Å². The van der Waals surface area contributed by atoms with E-state index in [1.165, 1.54) is 12.1 Å². The molecule has 1 atom stereocenters. The van der Waals surface area contributed by atoms with Gasteiger partial charge in [0, 0.05) is 30.6 Å². The molecule has 0 saturated heterocycles. The van der Waals surface area contributed by atoms with Gasteiger partial charge in [-0.05, 0) is 42.7 Å². The van der Waals surface area contributed by atoms with Gasteiger partial charge in [-0.2, -0.15) is 0 Å². The van der Waals surface area contributed by atoms with Crippen molar-refractivity contribution in [2.75, 3.05) is 11.9 Å². The number of anilines is 1. The number of halogens is 1. The third kappa shape index (κ3) is 4.36. The van der Waals surface area contributed by atoms with Gasteiger partial charge in [0.1, 0.15) is 11.6 Å². The van der Waals surface area contributed by atoms with Crippen molar-refractivity contribution in [1.29, 1.82) is 0 Å². The van der Waals surface area contributed by atoms with E-state index in [1.807, 2.05) is 13.0 Å². The molecular weight excluding hydrogens is 319 g/mol. The van der Waals surface area contributed by atoms with Crippen LogP contribution in [0.15, 0.2) is 55.1 Å². The van der Waals surface area contributed by atoms with Gasteiger partial charge in [-0.1, -0.05) is 12.1 Å². The lowest BCUT2D eigenvalue weighted by atomic mass is 10.1. The molecule has 0 unspecified atom stereocenters. The minimum Gasteiger partial charge on any atom is -0.396 e. The fraction of sp³-hybridized carbons (Fsp3) is 0.211. The van der Waals surface area contributed by atoms with Crippen LogP contribution in [-0.2, 0) is 6.42 Å². The average Bonchev–Trinajstić information content (AvgIpc) is 2.63. The third-order valence-corrected chi connectivity index (χ3v) is 3.88. The Morgan fingerprint density at radius 3 is 2.56 bits per heavy atom. The Balaban J connectivity index is 1.71. The molecule has 3 rings (SSSR count). The van der Waals surface area contributed by atoms with Gasteiger partial charge < -0.3 is 10.4 Å². The number of aliphatic hydroxyl groups excluding tert-OH is 1. The molecule has 0 saturated carbocycles. The Hall–Kier alpha value is -2.86. The highest BCUT2D eigenvalue weighted by atomic mass is 19.1. The normalized spacial score (nSPS) is 12.0. The van der Waals surface area contributed by atoms with Crippen LogP contribution in [0.5, 0.6) is 0 Å². The summed E-state index contributed by atoms with van der Waals surface area (Å²) in [7, 11) is 0. The van der Waals surface area contributed by atoms with E-state index in [1.54, 1.807) is 36.9 Å². The van der Waals surface area contributed by atoms with Crippen molar-refractivity contribution in [2.24, 2.45) is 0 Å². The Morgan fingerprint density at radius 1 is 1.08 bits per heavy atom. The molecule has 0 aliphatic heterocycles. The maximum absolute atomic E-state index is 13.0. The fourth-order valence-electron chi connectivity index (χ4n) is 2.50. The Bertz CT molecular complexity index is 822. The van der Waals surface area contributed by atoms with Crippen LogP contribution < -0.4 is 5.32 Å². The van der Waals surface area contributed by atoms with Gasteiger partial charge in [-0.15, -0.1) is 0 Å². The van der Waals surface area contributed by atoms with E-state index in [2.05, 4.69) is 20.3 Å².